The zero-order valence-electron chi connectivity index (χ0n) is 10.7. The Morgan fingerprint density at radius 1 is 1.47 bits per heavy atom. The van der Waals surface area contributed by atoms with Gasteiger partial charge in [0.1, 0.15) is 0 Å². The highest BCUT2D eigenvalue weighted by Gasteiger charge is 2.02. The Morgan fingerprint density at radius 2 is 2.18 bits per heavy atom. The molecule has 5 nitrogen and oxygen atoms in total. The summed E-state index contributed by atoms with van der Waals surface area (Å²) in [4.78, 5) is 24.9. The maximum absolute atomic E-state index is 11.5. The Bertz CT molecular complexity index is 462. The average molecular weight is 239 g/mol. The van der Waals surface area contributed by atoms with Crippen molar-refractivity contribution < 1.29 is 0 Å². The quantitative estimate of drug-likeness (QED) is 0.765. The number of rotatable bonds is 6. The summed E-state index contributed by atoms with van der Waals surface area (Å²) in [6.07, 6.45) is 3.87. The van der Waals surface area contributed by atoms with Gasteiger partial charge in [0.25, 0.3) is 5.56 Å². The Hall–Kier alpha value is -1.36. The van der Waals surface area contributed by atoms with Crippen LogP contribution in [-0.4, -0.2) is 22.1 Å². The van der Waals surface area contributed by atoms with Gasteiger partial charge in [-0.3, -0.25) is 14.3 Å². The van der Waals surface area contributed by atoms with Gasteiger partial charge in [-0.25, -0.2) is 4.79 Å². The van der Waals surface area contributed by atoms with E-state index in [1.54, 1.807) is 13.1 Å². The SMILES string of the molecule is CCCC(C)NCCn1cc(C)c(=O)[nH]c1=O. The molecule has 0 amide bonds. The number of aryl methyl sites for hydroxylation is 1. The predicted molar refractivity (Wildman–Crippen MR) is 68.4 cm³/mol. The number of nitrogens with one attached hydrogen (secondary N) is 2. The molecule has 96 valence electrons. The minimum absolute atomic E-state index is 0.307. The van der Waals surface area contributed by atoms with Gasteiger partial charge in [-0.15, -0.1) is 0 Å². The van der Waals surface area contributed by atoms with E-state index in [1.165, 1.54) is 4.57 Å². The Balaban J connectivity index is 2.55. The highest BCUT2D eigenvalue weighted by molar-refractivity contribution is 5.00. The van der Waals surface area contributed by atoms with Crippen LogP contribution in [0.3, 0.4) is 0 Å². The van der Waals surface area contributed by atoms with E-state index in [0.717, 1.165) is 19.4 Å². The fraction of sp³-hybridized carbons (Fsp3) is 0.667. The fourth-order valence-corrected chi connectivity index (χ4v) is 1.75. The summed E-state index contributed by atoms with van der Waals surface area (Å²) in [5.41, 5.74) is -0.0877. The second-order valence-corrected chi connectivity index (χ2v) is 4.41. The molecule has 1 aromatic heterocycles. The maximum atomic E-state index is 11.5. The van der Waals surface area contributed by atoms with Gasteiger partial charge in [-0.05, 0) is 20.3 Å². The molecule has 0 spiro atoms. The zero-order valence-corrected chi connectivity index (χ0v) is 10.7. The summed E-state index contributed by atoms with van der Waals surface area (Å²) >= 11 is 0. The molecule has 0 aromatic carbocycles. The van der Waals surface area contributed by atoms with E-state index < -0.39 is 0 Å². The molecule has 0 saturated heterocycles. The molecule has 1 aromatic rings. The Morgan fingerprint density at radius 3 is 2.82 bits per heavy atom. The molecule has 0 aliphatic carbocycles. The normalized spacial score (nSPS) is 12.6. The lowest BCUT2D eigenvalue weighted by Gasteiger charge is -2.13. The molecule has 2 N–H and O–H groups in total. The fourth-order valence-electron chi connectivity index (χ4n) is 1.75. The van der Waals surface area contributed by atoms with Crippen molar-refractivity contribution in [2.45, 2.75) is 46.2 Å². The van der Waals surface area contributed by atoms with Crippen molar-refractivity contribution in [1.82, 2.24) is 14.9 Å². The lowest BCUT2D eigenvalue weighted by atomic mass is 10.2. The number of hydrogen-bond donors (Lipinski definition) is 2. The largest absolute Gasteiger partial charge is 0.328 e. The van der Waals surface area contributed by atoms with E-state index in [9.17, 15) is 9.59 Å². The summed E-state index contributed by atoms with van der Waals surface area (Å²) in [6.45, 7) is 7.28. The minimum Gasteiger partial charge on any atom is -0.312 e. The number of nitrogens with zero attached hydrogens (tertiary/aromatic N) is 1. The molecule has 17 heavy (non-hydrogen) atoms. The van der Waals surface area contributed by atoms with Gasteiger partial charge in [0, 0.05) is 30.9 Å². The van der Waals surface area contributed by atoms with Crippen LogP contribution in [-0.2, 0) is 6.54 Å². The maximum Gasteiger partial charge on any atom is 0.328 e. The number of aromatic amines is 1. The lowest BCUT2D eigenvalue weighted by Crippen LogP contribution is -2.35. The molecule has 0 radical (unpaired) electrons. The summed E-state index contributed by atoms with van der Waals surface area (Å²) in [6, 6.07) is 0.458. The van der Waals surface area contributed by atoms with Crippen LogP contribution >= 0.6 is 0 Å². The minimum atomic E-state index is -0.342. The van der Waals surface area contributed by atoms with Crippen LogP contribution in [0.2, 0.25) is 0 Å². The molecule has 0 saturated carbocycles. The van der Waals surface area contributed by atoms with Gasteiger partial charge in [0.05, 0.1) is 0 Å². The zero-order chi connectivity index (χ0) is 12.8. The average Bonchev–Trinajstić information content (AvgIpc) is 2.26. The van der Waals surface area contributed by atoms with Crippen molar-refractivity contribution in [2.75, 3.05) is 6.54 Å². The van der Waals surface area contributed by atoms with Crippen molar-refractivity contribution in [3.05, 3.63) is 32.6 Å². The monoisotopic (exact) mass is 239 g/mol. The third-order valence-electron chi connectivity index (χ3n) is 2.76. The van der Waals surface area contributed by atoms with Crippen LogP contribution < -0.4 is 16.6 Å². The molecular formula is C12H21N3O2. The van der Waals surface area contributed by atoms with E-state index in [4.69, 9.17) is 0 Å². The van der Waals surface area contributed by atoms with E-state index in [0.29, 0.717) is 18.2 Å². The van der Waals surface area contributed by atoms with E-state index in [2.05, 4.69) is 24.1 Å². The molecule has 0 aliphatic heterocycles. The van der Waals surface area contributed by atoms with Crippen LogP contribution in [0.1, 0.15) is 32.3 Å². The molecule has 0 aliphatic rings. The predicted octanol–water partition coefficient (Wildman–Crippen LogP) is 0.623. The molecule has 1 unspecified atom stereocenters. The first-order chi connectivity index (χ1) is 8.04. The van der Waals surface area contributed by atoms with Gasteiger partial charge in [0.2, 0.25) is 0 Å². The highest BCUT2D eigenvalue weighted by Crippen LogP contribution is 1.94. The van der Waals surface area contributed by atoms with Crippen LogP contribution in [0, 0.1) is 6.92 Å². The first-order valence-corrected chi connectivity index (χ1v) is 6.08. The van der Waals surface area contributed by atoms with Crippen molar-refractivity contribution in [3.63, 3.8) is 0 Å². The molecule has 0 fully saturated rings. The van der Waals surface area contributed by atoms with Crippen molar-refractivity contribution in [2.24, 2.45) is 0 Å². The standard InChI is InChI=1S/C12H21N3O2/c1-4-5-10(3)13-6-7-15-8-9(2)11(16)14-12(15)17/h8,10,13H,4-7H2,1-3H3,(H,14,16,17). The molecule has 1 rings (SSSR count). The van der Waals surface area contributed by atoms with Crippen LogP contribution in [0.4, 0.5) is 0 Å². The number of aromatic nitrogens is 2. The van der Waals surface area contributed by atoms with E-state index >= 15 is 0 Å². The van der Waals surface area contributed by atoms with Gasteiger partial charge in [0.15, 0.2) is 0 Å². The van der Waals surface area contributed by atoms with Crippen LogP contribution in [0.5, 0.6) is 0 Å². The number of H-pyrrole nitrogens is 1. The first kappa shape index (κ1) is 13.7. The van der Waals surface area contributed by atoms with E-state index in [1.807, 2.05) is 0 Å². The molecule has 1 heterocycles. The summed E-state index contributed by atoms with van der Waals surface area (Å²) in [5.74, 6) is 0. The van der Waals surface area contributed by atoms with Gasteiger partial charge >= 0.3 is 5.69 Å². The topological polar surface area (TPSA) is 66.9 Å². The van der Waals surface area contributed by atoms with Gasteiger partial charge in [-0.2, -0.15) is 0 Å². The molecule has 5 heteroatoms. The Kier molecular flexibility index (Phi) is 5.15. The first-order valence-electron chi connectivity index (χ1n) is 6.08. The third kappa shape index (κ3) is 4.19. The smallest absolute Gasteiger partial charge is 0.312 e. The second-order valence-electron chi connectivity index (χ2n) is 4.41. The lowest BCUT2D eigenvalue weighted by molar-refractivity contribution is 0.479. The highest BCUT2D eigenvalue weighted by atomic mass is 16.2. The van der Waals surface area contributed by atoms with E-state index in [-0.39, 0.29) is 11.2 Å². The summed E-state index contributed by atoms with van der Waals surface area (Å²) in [7, 11) is 0. The third-order valence-corrected chi connectivity index (χ3v) is 2.76. The number of hydrogen-bond acceptors (Lipinski definition) is 3. The molecule has 0 bridgehead atoms. The summed E-state index contributed by atoms with van der Waals surface area (Å²) < 4.78 is 1.53. The van der Waals surface area contributed by atoms with Crippen molar-refractivity contribution in [1.29, 1.82) is 0 Å². The summed E-state index contributed by atoms with van der Waals surface area (Å²) in [5, 5.41) is 3.34. The van der Waals surface area contributed by atoms with Crippen molar-refractivity contribution in [3.8, 4) is 0 Å². The van der Waals surface area contributed by atoms with Gasteiger partial charge in [-0.1, -0.05) is 13.3 Å². The Labute approximate surface area is 101 Å². The van der Waals surface area contributed by atoms with Crippen LogP contribution in [0.15, 0.2) is 15.8 Å². The van der Waals surface area contributed by atoms with Crippen LogP contribution in [0.25, 0.3) is 0 Å². The molecular weight excluding hydrogens is 218 g/mol. The van der Waals surface area contributed by atoms with Crippen molar-refractivity contribution >= 4 is 0 Å². The van der Waals surface area contributed by atoms with Gasteiger partial charge < -0.3 is 5.32 Å². The molecule has 1 atom stereocenters. The second kappa shape index (κ2) is 6.39.